The van der Waals surface area contributed by atoms with Gasteiger partial charge in [-0.15, -0.1) is 0 Å². The van der Waals surface area contributed by atoms with Gasteiger partial charge in [-0.1, -0.05) is 11.6 Å². The first kappa shape index (κ1) is 17.7. The average molecular weight is 383 g/mol. The fourth-order valence-corrected chi connectivity index (χ4v) is 4.46. The number of anilines is 2. The summed E-state index contributed by atoms with van der Waals surface area (Å²) in [7, 11) is -3.39. The van der Waals surface area contributed by atoms with Crippen LogP contribution < -0.4 is 9.62 Å². The molecule has 0 saturated heterocycles. The van der Waals surface area contributed by atoms with Crippen molar-refractivity contribution >= 4 is 38.9 Å². The summed E-state index contributed by atoms with van der Waals surface area (Å²) in [6, 6.07) is 8.54. The molecule has 1 aliphatic heterocycles. The molecule has 1 atom stereocenters. The summed E-state index contributed by atoms with van der Waals surface area (Å²) in [6.45, 7) is 1.81. The van der Waals surface area contributed by atoms with Gasteiger partial charge >= 0.3 is 0 Å². The van der Waals surface area contributed by atoms with Crippen LogP contribution in [0.3, 0.4) is 0 Å². The molecule has 1 heterocycles. The van der Waals surface area contributed by atoms with Crippen molar-refractivity contribution in [1.29, 1.82) is 0 Å². The highest BCUT2D eigenvalue weighted by Gasteiger charge is 2.32. The lowest BCUT2D eigenvalue weighted by atomic mass is 10.1. The molecular weight excluding hydrogens is 367 g/mol. The molecule has 0 radical (unpaired) electrons. The fraction of sp³-hybridized carbons (Fsp3) is 0.235. The predicted molar refractivity (Wildman–Crippen MR) is 96.3 cm³/mol. The molecule has 0 bridgehead atoms. The normalized spacial score (nSPS) is 16.6. The number of fused-ring (bicyclic) bond motifs is 1. The first-order valence-electron chi connectivity index (χ1n) is 7.55. The van der Waals surface area contributed by atoms with E-state index in [1.165, 1.54) is 22.5 Å². The van der Waals surface area contributed by atoms with Crippen molar-refractivity contribution in [3.05, 3.63) is 58.4 Å². The Kier molecular flexibility index (Phi) is 4.47. The van der Waals surface area contributed by atoms with Crippen molar-refractivity contribution in [2.45, 2.75) is 19.4 Å². The lowest BCUT2D eigenvalue weighted by Gasteiger charge is -2.21. The highest BCUT2D eigenvalue weighted by Crippen LogP contribution is 2.34. The Bertz CT molecular complexity index is 962. The second kappa shape index (κ2) is 6.31. The highest BCUT2D eigenvalue weighted by molar-refractivity contribution is 7.92. The minimum Gasteiger partial charge on any atom is -0.319 e. The van der Waals surface area contributed by atoms with E-state index < -0.39 is 21.7 Å². The van der Waals surface area contributed by atoms with Crippen LogP contribution >= 0.6 is 11.6 Å². The van der Waals surface area contributed by atoms with Gasteiger partial charge in [0.25, 0.3) is 5.91 Å². The third kappa shape index (κ3) is 3.48. The molecule has 5 nitrogen and oxygen atoms in total. The average Bonchev–Trinajstić information content (AvgIpc) is 2.84. The highest BCUT2D eigenvalue weighted by atomic mass is 35.5. The standard InChI is InChI=1S/C17H16ClFN2O3S/c1-10-7-12-8-11(3-6-16(12)21(10)25(2,23)24)17(22)20-15-5-4-13(18)9-14(15)19/h3-6,8-10H,7H2,1-2H3,(H,20,22)/t10-/m0/s1. The minimum atomic E-state index is -3.39. The van der Waals surface area contributed by atoms with Gasteiger partial charge < -0.3 is 5.32 Å². The summed E-state index contributed by atoms with van der Waals surface area (Å²) in [5, 5.41) is 2.73. The topological polar surface area (TPSA) is 66.5 Å². The number of hydrogen-bond acceptors (Lipinski definition) is 3. The van der Waals surface area contributed by atoms with Gasteiger partial charge in [0, 0.05) is 16.6 Å². The zero-order chi connectivity index (χ0) is 18.4. The Morgan fingerprint density at radius 3 is 2.64 bits per heavy atom. The van der Waals surface area contributed by atoms with Crippen LogP contribution in [0.15, 0.2) is 36.4 Å². The number of hydrogen-bond donors (Lipinski definition) is 1. The molecule has 1 amide bonds. The molecule has 0 aromatic heterocycles. The van der Waals surface area contributed by atoms with Crippen molar-refractivity contribution in [1.82, 2.24) is 0 Å². The van der Waals surface area contributed by atoms with Gasteiger partial charge in [0.1, 0.15) is 5.82 Å². The lowest BCUT2D eigenvalue weighted by molar-refractivity contribution is 0.102. The SMILES string of the molecule is C[C@H]1Cc2cc(C(=O)Nc3ccc(Cl)cc3F)ccc2N1S(C)(=O)=O. The van der Waals surface area contributed by atoms with E-state index in [9.17, 15) is 17.6 Å². The number of carbonyl (C=O) groups is 1. The van der Waals surface area contributed by atoms with Gasteiger partial charge in [-0.3, -0.25) is 9.10 Å². The van der Waals surface area contributed by atoms with Crippen molar-refractivity contribution in [3.63, 3.8) is 0 Å². The first-order chi connectivity index (χ1) is 11.7. The molecule has 0 unspecified atom stereocenters. The monoisotopic (exact) mass is 382 g/mol. The van der Waals surface area contributed by atoms with Gasteiger partial charge in [-0.25, -0.2) is 12.8 Å². The molecule has 1 N–H and O–H groups in total. The molecule has 8 heteroatoms. The van der Waals surface area contributed by atoms with E-state index in [1.807, 2.05) is 6.92 Å². The Morgan fingerprint density at radius 1 is 1.28 bits per heavy atom. The second-order valence-corrected chi connectivity index (χ2v) is 8.33. The zero-order valence-electron chi connectivity index (χ0n) is 13.6. The number of nitrogens with one attached hydrogen (secondary N) is 1. The van der Waals surface area contributed by atoms with E-state index >= 15 is 0 Å². The summed E-state index contributed by atoms with van der Waals surface area (Å²) < 4.78 is 39.0. The van der Waals surface area contributed by atoms with Crippen LogP contribution in [-0.2, 0) is 16.4 Å². The fourth-order valence-electron chi connectivity index (χ4n) is 3.03. The van der Waals surface area contributed by atoms with Gasteiger partial charge in [0.2, 0.25) is 10.0 Å². The molecule has 0 aliphatic carbocycles. The van der Waals surface area contributed by atoms with Gasteiger partial charge in [-0.2, -0.15) is 0 Å². The summed E-state index contributed by atoms with van der Waals surface area (Å²) in [6.07, 6.45) is 1.67. The van der Waals surface area contributed by atoms with Crippen LogP contribution in [0.1, 0.15) is 22.8 Å². The van der Waals surface area contributed by atoms with E-state index in [0.29, 0.717) is 17.7 Å². The van der Waals surface area contributed by atoms with E-state index in [4.69, 9.17) is 11.6 Å². The Balaban J connectivity index is 1.88. The maximum Gasteiger partial charge on any atom is 0.255 e. The molecule has 132 valence electrons. The summed E-state index contributed by atoms with van der Waals surface area (Å²) >= 11 is 5.69. The number of benzene rings is 2. The van der Waals surface area contributed by atoms with Crippen molar-refractivity contribution < 1.29 is 17.6 Å². The van der Waals surface area contributed by atoms with Gasteiger partial charge in [-0.05, 0) is 55.3 Å². The van der Waals surface area contributed by atoms with Crippen molar-refractivity contribution in [2.75, 3.05) is 15.9 Å². The molecule has 2 aromatic rings. The maximum atomic E-state index is 13.8. The quantitative estimate of drug-likeness (QED) is 0.884. The van der Waals surface area contributed by atoms with Crippen LogP contribution in [0.4, 0.5) is 15.8 Å². The summed E-state index contributed by atoms with van der Waals surface area (Å²) in [5.74, 6) is -1.10. The number of halogens is 2. The smallest absolute Gasteiger partial charge is 0.255 e. The van der Waals surface area contributed by atoms with Crippen molar-refractivity contribution in [3.8, 4) is 0 Å². The summed E-state index contributed by atoms with van der Waals surface area (Å²) in [5.41, 5.74) is 1.70. The Morgan fingerprint density at radius 2 is 2.00 bits per heavy atom. The Hall–Kier alpha value is -2.12. The van der Waals surface area contributed by atoms with E-state index in [2.05, 4.69) is 5.32 Å². The van der Waals surface area contributed by atoms with E-state index in [1.54, 1.807) is 12.1 Å². The lowest BCUT2D eigenvalue weighted by Crippen LogP contribution is -2.34. The molecule has 3 rings (SSSR count). The summed E-state index contributed by atoms with van der Waals surface area (Å²) in [4.78, 5) is 12.4. The second-order valence-electron chi connectivity index (χ2n) is 6.03. The number of sulfonamides is 1. The van der Waals surface area contributed by atoms with Gasteiger partial charge in [0.05, 0.1) is 17.6 Å². The number of rotatable bonds is 3. The van der Waals surface area contributed by atoms with Crippen molar-refractivity contribution in [2.24, 2.45) is 0 Å². The molecule has 0 saturated carbocycles. The maximum absolute atomic E-state index is 13.8. The molecule has 0 spiro atoms. The largest absolute Gasteiger partial charge is 0.319 e. The number of carbonyl (C=O) groups excluding carboxylic acids is 1. The molecule has 2 aromatic carbocycles. The van der Waals surface area contributed by atoms with Gasteiger partial charge in [0.15, 0.2) is 0 Å². The van der Waals surface area contributed by atoms with Crippen LogP contribution in [0.25, 0.3) is 0 Å². The number of nitrogens with zero attached hydrogens (tertiary/aromatic N) is 1. The molecular formula is C17H16ClFN2O3S. The molecule has 1 aliphatic rings. The third-order valence-electron chi connectivity index (χ3n) is 4.03. The third-order valence-corrected chi connectivity index (χ3v) is 5.54. The van der Waals surface area contributed by atoms with E-state index in [-0.39, 0.29) is 16.8 Å². The minimum absolute atomic E-state index is 0.0287. The Labute approximate surface area is 150 Å². The van der Waals surface area contributed by atoms with E-state index in [0.717, 1.165) is 17.9 Å². The molecule has 25 heavy (non-hydrogen) atoms. The molecule has 0 fully saturated rings. The number of amides is 1. The first-order valence-corrected chi connectivity index (χ1v) is 9.78. The zero-order valence-corrected chi connectivity index (χ0v) is 15.2. The van der Waals surface area contributed by atoms with Crippen LogP contribution in [-0.4, -0.2) is 26.6 Å². The van der Waals surface area contributed by atoms with Crippen LogP contribution in [0.5, 0.6) is 0 Å². The predicted octanol–water partition coefficient (Wildman–Crippen LogP) is 3.44. The van der Waals surface area contributed by atoms with Crippen LogP contribution in [0.2, 0.25) is 5.02 Å². The van der Waals surface area contributed by atoms with Crippen LogP contribution in [0, 0.1) is 5.82 Å².